The zero-order valence-corrected chi connectivity index (χ0v) is 14.9. The van der Waals surface area contributed by atoms with Crippen LogP contribution in [-0.2, 0) is 12.0 Å². The van der Waals surface area contributed by atoms with E-state index in [4.69, 9.17) is 0 Å². The van der Waals surface area contributed by atoms with E-state index in [-0.39, 0.29) is 17.9 Å². The van der Waals surface area contributed by atoms with E-state index in [1.807, 2.05) is 29.2 Å². The minimum atomic E-state index is -0.139. The predicted octanol–water partition coefficient (Wildman–Crippen LogP) is 3.25. The molecule has 2 heterocycles. The van der Waals surface area contributed by atoms with Crippen molar-refractivity contribution in [3.05, 3.63) is 65.5 Å². The molecule has 5 heteroatoms. The zero-order valence-electron chi connectivity index (χ0n) is 14.9. The van der Waals surface area contributed by atoms with Crippen molar-refractivity contribution in [2.75, 3.05) is 13.1 Å². The number of piperidine rings is 1. The number of imidazole rings is 1. The number of aliphatic hydroxyl groups is 1. The number of aliphatic hydroxyl groups excluding tert-OH is 1. The van der Waals surface area contributed by atoms with Crippen molar-refractivity contribution in [1.82, 2.24) is 14.9 Å². The molecule has 1 fully saturated rings. The highest BCUT2D eigenvalue weighted by Crippen LogP contribution is 2.34. The maximum absolute atomic E-state index is 13.1. The number of benzene rings is 2. The van der Waals surface area contributed by atoms with Crippen molar-refractivity contribution >= 4 is 16.9 Å². The number of hydrogen-bond donors (Lipinski definition) is 2. The average Bonchev–Trinajstić information content (AvgIpc) is 3.10. The van der Waals surface area contributed by atoms with Crippen LogP contribution in [0.15, 0.2) is 48.5 Å². The Labute approximate surface area is 152 Å². The number of carbonyl (C=O) groups excluding carboxylic acids is 1. The van der Waals surface area contributed by atoms with Crippen molar-refractivity contribution < 1.29 is 9.90 Å². The second-order valence-electron chi connectivity index (χ2n) is 7.33. The van der Waals surface area contributed by atoms with Crippen LogP contribution in [0.2, 0.25) is 0 Å². The number of nitrogens with zero attached hydrogens (tertiary/aromatic N) is 2. The molecule has 1 aliphatic rings. The number of amides is 1. The molecule has 0 bridgehead atoms. The number of carbonyl (C=O) groups is 1. The number of likely N-dealkylation sites (tertiary alicyclic amines) is 1. The van der Waals surface area contributed by atoms with Gasteiger partial charge in [0.05, 0.1) is 11.0 Å². The van der Waals surface area contributed by atoms with Gasteiger partial charge in [-0.15, -0.1) is 0 Å². The molecule has 0 spiro atoms. The first kappa shape index (κ1) is 16.8. The van der Waals surface area contributed by atoms with Gasteiger partial charge in [0.1, 0.15) is 12.4 Å². The van der Waals surface area contributed by atoms with E-state index >= 15 is 0 Å². The Morgan fingerprint density at radius 3 is 2.85 bits per heavy atom. The average molecular weight is 349 g/mol. The molecule has 3 aromatic rings. The number of fused-ring (bicyclic) bond motifs is 1. The van der Waals surface area contributed by atoms with Crippen molar-refractivity contribution in [3.63, 3.8) is 0 Å². The van der Waals surface area contributed by atoms with Crippen LogP contribution in [-0.4, -0.2) is 39.0 Å². The van der Waals surface area contributed by atoms with Crippen LogP contribution >= 0.6 is 0 Å². The standard InChI is InChI=1S/C21H23N3O2/c1-21(16-6-3-2-4-7-16)10-5-11-24(14-21)20(26)15-8-9-17-18(12-15)23-19(13-25)22-17/h2-4,6-9,12,25H,5,10-11,13-14H2,1H3,(H,22,23)/t21-/m1/s1. The molecule has 1 aromatic heterocycles. The maximum atomic E-state index is 13.1. The first-order chi connectivity index (χ1) is 12.6. The fourth-order valence-corrected chi connectivity index (χ4v) is 3.94. The quantitative estimate of drug-likeness (QED) is 0.763. The van der Waals surface area contributed by atoms with Crippen LogP contribution in [0.5, 0.6) is 0 Å². The fraction of sp³-hybridized carbons (Fsp3) is 0.333. The van der Waals surface area contributed by atoms with Gasteiger partial charge < -0.3 is 15.0 Å². The molecule has 26 heavy (non-hydrogen) atoms. The first-order valence-corrected chi connectivity index (χ1v) is 9.03. The maximum Gasteiger partial charge on any atom is 0.253 e. The van der Waals surface area contributed by atoms with Crippen LogP contribution in [0.1, 0.15) is 41.5 Å². The number of hydrogen-bond acceptors (Lipinski definition) is 3. The largest absolute Gasteiger partial charge is 0.388 e. The number of aromatic nitrogens is 2. The summed E-state index contributed by atoms with van der Waals surface area (Å²) in [6.07, 6.45) is 2.08. The lowest BCUT2D eigenvalue weighted by atomic mass is 9.76. The van der Waals surface area contributed by atoms with E-state index in [1.54, 1.807) is 0 Å². The van der Waals surface area contributed by atoms with Gasteiger partial charge in [-0.2, -0.15) is 0 Å². The molecule has 0 unspecified atom stereocenters. The minimum Gasteiger partial charge on any atom is -0.388 e. The van der Waals surface area contributed by atoms with Crippen molar-refractivity contribution in [1.29, 1.82) is 0 Å². The molecule has 1 aliphatic heterocycles. The van der Waals surface area contributed by atoms with Crippen molar-refractivity contribution in [2.45, 2.75) is 31.8 Å². The second-order valence-corrected chi connectivity index (χ2v) is 7.33. The monoisotopic (exact) mass is 349 g/mol. The molecule has 0 saturated carbocycles. The Kier molecular flexibility index (Phi) is 4.24. The molecule has 1 atom stereocenters. The third kappa shape index (κ3) is 2.99. The SMILES string of the molecule is C[C@@]1(c2ccccc2)CCCN(C(=O)c2ccc3nc(CO)[nH]c3c2)C1. The van der Waals surface area contributed by atoms with Crippen LogP contribution in [0.4, 0.5) is 0 Å². The number of H-pyrrole nitrogens is 1. The summed E-state index contributed by atoms with van der Waals surface area (Å²) in [4.78, 5) is 22.4. The minimum absolute atomic E-state index is 0.0166. The lowest BCUT2D eigenvalue weighted by Gasteiger charge is -2.41. The molecule has 0 radical (unpaired) electrons. The highest BCUT2D eigenvalue weighted by molar-refractivity contribution is 5.97. The van der Waals surface area contributed by atoms with E-state index in [1.165, 1.54) is 5.56 Å². The van der Waals surface area contributed by atoms with Crippen molar-refractivity contribution in [3.8, 4) is 0 Å². The summed E-state index contributed by atoms with van der Waals surface area (Å²) < 4.78 is 0. The van der Waals surface area contributed by atoms with Gasteiger partial charge in [0.25, 0.3) is 5.91 Å². The first-order valence-electron chi connectivity index (χ1n) is 9.03. The van der Waals surface area contributed by atoms with E-state index in [0.29, 0.717) is 11.4 Å². The summed E-state index contributed by atoms with van der Waals surface area (Å²) in [5.74, 6) is 0.563. The second kappa shape index (κ2) is 6.57. The normalized spacial score (nSPS) is 20.5. The molecular formula is C21H23N3O2. The van der Waals surface area contributed by atoms with Gasteiger partial charge in [-0.1, -0.05) is 37.3 Å². The molecule has 134 valence electrons. The Balaban J connectivity index is 1.59. The van der Waals surface area contributed by atoms with E-state index in [0.717, 1.165) is 37.0 Å². The molecule has 1 saturated heterocycles. The molecule has 1 amide bonds. The number of aromatic amines is 1. The molecular weight excluding hydrogens is 326 g/mol. The van der Waals surface area contributed by atoms with Gasteiger partial charge in [-0.25, -0.2) is 4.98 Å². The molecule has 2 N–H and O–H groups in total. The van der Waals surface area contributed by atoms with Crippen LogP contribution in [0, 0.1) is 0 Å². The Morgan fingerprint density at radius 2 is 2.08 bits per heavy atom. The number of rotatable bonds is 3. The highest BCUT2D eigenvalue weighted by atomic mass is 16.3. The third-order valence-electron chi connectivity index (χ3n) is 5.38. The van der Waals surface area contributed by atoms with Crippen LogP contribution in [0.25, 0.3) is 11.0 Å². The van der Waals surface area contributed by atoms with Gasteiger partial charge in [0.15, 0.2) is 0 Å². The molecule has 4 rings (SSSR count). The van der Waals surface area contributed by atoms with Crippen molar-refractivity contribution in [2.24, 2.45) is 0 Å². The van der Waals surface area contributed by atoms with Gasteiger partial charge in [0, 0.05) is 24.1 Å². The summed E-state index contributed by atoms with van der Waals surface area (Å²) in [6.45, 7) is 3.61. The van der Waals surface area contributed by atoms with Gasteiger partial charge in [0.2, 0.25) is 0 Å². The third-order valence-corrected chi connectivity index (χ3v) is 5.38. The highest BCUT2D eigenvalue weighted by Gasteiger charge is 2.34. The Morgan fingerprint density at radius 1 is 1.27 bits per heavy atom. The predicted molar refractivity (Wildman–Crippen MR) is 101 cm³/mol. The van der Waals surface area contributed by atoms with E-state index in [2.05, 4.69) is 41.2 Å². The topological polar surface area (TPSA) is 69.2 Å². The van der Waals surface area contributed by atoms with E-state index in [9.17, 15) is 9.90 Å². The van der Waals surface area contributed by atoms with Crippen LogP contribution in [0.3, 0.4) is 0 Å². The van der Waals surface area contributed by atoms with Gasteiger partial charge in [-0.05, 0) is 36.6 Å². The lowest BCUT2D eigenvalue weighted by molar-refractivity contribution is 0.0651. The summed E-state index contributed by atoms with van der Waals surface area (Å²) in [6, 6.07) is 15.9. The van der Waals surface area contributed by atoms with Gasteiger partial charge >= 0.3 is 0 Å². The number of nitrogens with one attached hydrogen (secondary N) is 1. The van der Waals surface area contributed by atoms with Crippen LogP contribution < -0.4 is 0 Å². The molecule has 2 aromatic carbocycles. The fourth-order valence-electron chi connectivity index (χ4n) is 3.94. The van der Waals surface area contributed by atoms with E-state index < -0.39 is 0 Å². The Bertz CT molecular complexity index is 935. The summed E-state index contributed by atoms with van der Waals surface area (Å²) in [5, 5.41) is 9.22. The van der Waals surface area contributed by atoms with Gasteiger partial charge in [-0.3, -0.25) is 4.79 Å². The summed E-state index contributed by atoms with van der Waals surface area (Å²) in [7, 11) is 0. The molecule has 0 aliphatic carbocycles. The molecule has 5 nitrogen and oxygen atoms in total. The smallest absolute Gasteiger partial charge is 0.253 e. The summed E-state index contributed by atoms with van der Waals surface area (Å²) >= 11 is 0. The Hall–Kier alpha value is -2.66. The summed E-state index contributed by atoms with van der Waals surface area (Å²) in [5.41, 5.74) is 3.47. The lowest BCUT2D eigenvalue weighted by Crippen LogP contribution is -2.47. The zero-order chi connectivity index (χ0) is 18.1.